The first-order valence-electron chi connectivity index (χ1n) is 9.06. The van der Waals surface area contributed by atoms with Crippen LogP contribution in [0.3, 0.4) is 0 Å². The van der Waals surface area contributed by atoms with E-state index >= 15 is 0 Å². The van der Waals surface area contributed by atoms with E-state index < -0.39 is 11.0 Å². The fourth-order valence-corrected chi connectivity index (χ4v) is 4.12. The van der Waals surface area contributed by atoms with Crippen LogP contribution in [0.1, 0.15) is 53.0 Å². The molecule has 5 nitrogen and oxygen atoms in total. The summed E-state index contributed by atoms with van der Waals surface area (Å²) in [5, 5.41) is 3.02. The van der Waals surface area contributed by atoms with Crippen molar-refractivity contribution in [3.05, 3.63) is 29.8 Å². The molecule has 5 heteroatoms. The summed E-state index contributed by atoms with van der Waals surface area (Å²) in [5.41, 5.74) is 0.659. The fraction of sp³-hybridized carbons (Fsp3) is 0.600. The molecule has 1 fully saturated rings. The van der Waals surface area contributed by atoms with Crippen LogP contribution in [-0.2, 0) is 14.9 Å². The van der Waals surface area contributed by atoms with Crippen molar-refractivity contribution in [2.24, 2.45) is 5.92 Å². The monoisotopic (exact) mass is 344 g/mol. The third-order valence-corrected chi connectivity index (χ3v) is 5.08. The SMILES string of the molecule is CC(C)CC1N(C(=O)OC(C)(C)C)CCC12C(=O)Nc1ccccc12. The molecule has 1 N–H and O–H groups in total. The van der Waals surface area contributed by atoms with Gasteiger partial charge in [-0.1, -0.05) is 32.0 Å². The van der Waals surface area contributed by atoms with E-state index in [1.54, 1.807) is 4.90 Å². The van der Waals surface area contributed by atoms with E-state index in [0.29, 0.717) is 18.9 Å². The number of likely N-dealkylation sites (tertiary alicyclic amines) is 1. The van der Waals surface area contributed by atoms with Gasteiger partial charge in [-0.15, -0.1) is 0 Å². The zero-order valence-corrected chi connectivity index (χ0v) is 15.8. The molecule has 2 unspecified atom stereocenters. The van der Waals surface area contributed by atoms with Crippen molar-refractivity contribution >= 4 is 17.7 Å². The van der Waals surface area contributed by atoms with Crippen molar-refractivity contribution in [1.29, 1.82) is 0 Å². The van der Waals surface area contributed by atoms with Crippen LogP contribution >= 0.6 is 0 Å². The Bertz CT molecular complexity index is 692. The first-order chi connectivity index (χ1) is 11.6. The number of anilines is 1. The van der Waals surface area contributed by atoms with Gasteiger partial charge in [0.25, 0.3) is 0 Å². The topological polar surface area (TPSA) is 58.6 Å². The first kappa shape index (κ1) is 17.8. The number of carbonyl (C=O) groups is 2. The predicted octanol–water partition coefficient (Wildman–Crippen LogP) is 3.93. The second-order valence-electron chi connectivity index (χ2n) is 8.54. The van der Waals surface area contributed by atoms with Gasteiger partial charge in [0, 0.05) is 12.2 Å². The van der Waals surface area contributed by atoms with Gasteiger partial charge in [-0.05, 0) is 51.2 Å². The third-order valence-electron chi connectivity index (χ3n) is 5.08. The Balaban J connectivity index is 2.01. The summed E-state index contributed by atoms with van der Waals surface area (Å²) in [7, 11) is 0. The molecule has 25 heavy (non-hydrogen) atoms. The number of amides is 2. The number of carbonyl (C=O) groups excluding carboxylic acids is 2. The van der Waals surface area contributed by atoms with E-state index in [9.17, 15) is 9.59 Å². The van der Waals surface area contributed by atoms with Crippen LogP contribution in [0.15, 0.2) is 24.3 Å². The Morgan fingerprint density at radius 2 is 2.04 bits per heavy atom. The summed E-state index contributed by atoms with van der Waals surface area (Å²) >= 11 is 0. The maximum Gasteiger partial charge on any atom is 0.410 e. The lowest BCUT2D eigenvalue weighted by atomic mass is 9.72. The van der Waals surface area contributed by atoms with Crippen LogP contribution in [0.5, 0.6) is 0 Å². The fourth-order valence-electron chi connectivity index (χ4n) is 4.12. The van der Waals surface area contributed by atoms with Gasteiger partial charge in [0.05, 0.1) is 11.5 Å². The van der Waals surface area contributed by atoms with Gasteiger partial charge in [0.1, 0.15) is 5.60 Å². The van der Waals surface area contributed by atoms with E-state index in [2.05, 4.69) is 19.2 Å². The smallest absolute Gasteiger partial charge is 0.410 e. The molecular weight excluding hydrogens is 316 g/mol. The average molecular weight is 344 g/mol. The maximum atomic E-state index is 13.0. The minimum atomic E-state index is -0.669. The first-order valence-corrected chi connectivity index (χ1v) is 9.06. The Labute approximate surface area is 149 Å². The number of hydrogen-bond donors (Lipinski definition) is 1. The van der Waals surface area contributed by atoms with E-state index in [4.69, 9.17) is 4.74 Å². The van der Waals surface area contributed by atoms with E-state index in [0.717, 1.165) is 17.7 Å². The molecule has 2 atom stereocenters. The normalized spacial score (nSPS) is 25.4. The zero-order chi connectivity index (χ0) is 18.4. The highest BCUT2D eigenvalue weighted by Crippen LogP contribution is 2.49. The van der Waals surface area contributed by atoms with Crippen LogP contribution in [-0.4, -0.2) is 35.1 Å². The maximum absolute atomic E-state index is 13.0. The molecule has 0 aliphatic carbocycles. The third kappa shape index (κ3) is 3.00. The number of ether oxygens (including phenoxy) is 1. The minimum Gasteiger partial charge on any atom is -0.444 e. The Kier molecular flexibility index (Phi) is 4.30. The molecule has 2 aliphatic heterocycles. The van der Waals surface area contributed by atoms with Crippen LogP contribution in [0.25, 0.3) is 0 Å². The van der Waals surface area contributed by atoms with E-state index in [1.807, 2.05) is 45.0 Å². The summed E-state index contributed by atoms with van der Waals surface area (Å²) in [6, 6.07) is 7.65. The highest BCUT2D eigenvalue weighted by molar-refractivity contribution is 6.07. The zero-order valence-electron chi connectivity index (χ0n) is 15.8. The molecule has 2 heterocycles. The van der Waals surface area contributed by atoms with Crippen molar-refractivity contribution in [3.63, 3.8) is 0 Å². The van der Waals surface area contributed by atoms with Crippen LogP contribution in [0.4, 0.5) is 10.5 Å². The Hall–Kier alpha value is -2.04. The lowest BCUT2D eigenvalue weighted by Gasteiger charge is -2.35. The summed E-state index contributed by atoms with van der Waals surface area (Å²) in [5.74, 6) is 0.371. The number of nitrogens with zero attached hydrogens (tertiary/aromatic N) is 1. The Morgan fingerprint density at radius 1 is 1.36 bits per heavy atom. The lowest BCUT2D eigenvalue weighted by molar-refractivity contribution is -0.121. The second-order valence-corrected chi connectivity index (χ2v) is 8.54. The summed E-state index contributed by atoms with van der Waals surface area (Å²) in [6.07, 6.45) is 1.07. The standard InChI is InChI=1S/C20H28N2O3/c1-13(2)12-16-20(10-11-22(16)18(24)25-19(3,4)5)14-8-6-7-9-15(14)21-17(20)23/h6-9,13,16H,10-12H2,1-5H3,(H,21,23). The van der Waals surface area contributed by atoms with Gasteiger partial charge < -0.3 is 15.0 Å². The molecule has 0 aromatic heterocycles. The Morgan fingerprint density at radius 3 is 2.68 bits per heavy atom. The molecule has 0 saturated carbocycles. The number of benzene rings is 1. The second kappa shape index (κ2) is 6.04. The molecule has 136 valence electrons. The van der Waals surface area contributed by atoms with Gasteiger partial charge in [-0.3, -0.25) is 4.79 Å². The van der Waals surface area contributed by atoms with E-state index in [-0.39, 0.29) is 18.0 Å². The minimum absolute atomic E-state index is 0.00501. The average Bonchev–Trinajstić information content (AvgIpc) is 2.98. The number of hydrogen-bond acceptors (Lipinski definition) is 3. The number of rotatable bonds is 2. The molecule has 1 aromatic rings. The highest BCUT2D eigenvalue weighted by Gasteiger charge is 2.59. The van der Waals surface area contributed by atoms with Gasteiger partial charge in [-0.25, -0.2) is 4.79 Å². The lowest BCUT2D eigenvalue weighted by Crippen LogP contribution is -2.50. The van der Waals surface area contributed by atoms with Crippen molar-refractivity contribution < 1.29 is 14.3 Å². The molecule has 1 saturated heterocycles. The summed E-state index contributed by atoms with van der Waals surface area (Å²) in [4.78, 5) is 27.6. The summed E-state index contributed by atoms with van der Waals surface area (Å²) < 4.78 is 5.61. The molecule has 1 spiro atoms. The molecule has 3 rings (SSSR count). The number of nitrogens with one attached hydrogen (secondary N) is 1. The number of fused-ring (bicyclic) bond motifs is 2. The number of para-hydroxylation sites is 1. The van der Waals surface area contributed by atoms with Crippen LogP contribution in [0.2, 0.25) is 0 Å². The van der Waals surface area contributed by atoms with Gasteiger partial charge >= 0.3 is 6.09 Å². The largest absolute Gasteiger partial charge is 0.444 e. The summed E-state index contributed by atoms with van der Waals surface area (Å²) in [6.45, 7) is 10.4. The highest BCUT2D eigenvalue weighted by atomic mass is 16.6. The van der Waals surface area contributed by atoms with Crippen molar-refractivity contribution in [1.82, 2.24) is 4.90 Å². The van der Waals surface area contributed by atoms with Crippen molar-refractivity contribution in [3.8, 4) is 0 Å². The quantitative estimate of drug-likeness (QED) is 0.884. The molecule has 0 radical (unpaired) electrons. The van der Waals surface area contributed by atoms with Gasteiger partial charge in [0.15, 0.2) is 0 Å². The van der Waals surface area contributed by atoms with Crippen LogP contribution < -0.4 is 5.32 Å². The van der Waals surface area contributed by atoms with Gasteiger partial charge in [0.2, 0.25) is 5.91 Å². The van der Waals surface area contributed by atoms with E-state index in [1.165, 1.54) is 0 Å². The molecule has 1 aromatic carbocycles. The molecule has 2 aliphatic rings. The molecular formula is C20H28N2O3. The van der Waals surface area contributed by atoms with Crippen LogP contribution in [0, 0.1) is 5.92 Å². The van der Waals surface area contributed by atoms with Gasteiger partial charge in [-0.2, -0.15) is 0 Å². The van der Waals surface area contributed by atoms with Crippen molar-refractivity contribution in [2.75, 3.05) is 11.9 Å². The predicted molar refractivity (Wildman–Crippen MR) is 97.5 cm³/mol. The van der Waals surface area contributed by atoms with Crippen molar-refractivity contribution in [2.45, 2.75) is 64.5 Å². The molecule has 2 amide bonds. The molecule has 0 bridgehead atoms.